The number of halogens is 3. The molecule has 1 saturated carbocycles. The van der Waals surface area contributed by atoms with E-state index >= 15 is 8.78 Å². The molecule has 4 aliphatic rings. The van der Waals surface area contributed by atoms with Gasteiger partial charge in [0.25, 0.3) is 5.91 Å². The van der Waals surface area contributed by atoms with Gasteiger partial charge in [0.1, 0.15) is 37.2 Å². The SMILES string of the molecule is C=CC(=O)N(C=C)c1cccc(-c2nc(NC3CCC(OCOCN4CCC(N5CCC(c6ccc(NC7CCC(=O)NC7=O)cc6F)CC5)C(F)C4)CC3)ncc2F)c1. The average Bonchev–Trinajstić information content (AvgIpc) is 3.25. The number of alkyl halides is 1. The van der Waals surface area contributed by atoms with Crippen molar-refractivity contribution in [2.75, 3.05) is 55.2 Å². The minimum absolute atomic E-state index is 0.0186. The number of amides is 3. The third-order valence-corrected chi connectivity index (χ3v) is 12.0. The van der Waals surface area contributed by atoms with Crippen LogP contribution in [-0.2, 0) is 23.9 Å². The van der Waals surface area contributed by atoms with Crippen molar-refractivity contribution in [2.45, 2.75) is 94.1 Å². The summed E-state index contributed by atoms with van der Waals surface area (Å²) in [6, 6.07) is 11.1. The van der Waals surface area contributed by atoms with Crippen LogP contribution in [0.2, 0.25) is 0 Å². The smallest absolute Gasteiger partial charge is 0.254 e. The summed E-state index contributed by atoms with van der Waals surface area (Å²) in [6.45, 7) is 9.97. The van der Waals surface area contributed by atoms with E-state index in [1.165, 1.54) is 23.2 Å². The number of piperidine rings is 3. The number of imide groups is 1. The molecule has 3 atom stereocenters. The maximum Gasteiger partial charge on any atom is 0.254 e. The number of nitrogens with zero attached hydrogens (tertiary/aromatic N) is 5. The topological polar surface area (TPSA) is 141 Å². The molecule has 60 heavy (non-hydrogen) atoms. The lowest BCUT2D eigenvalue weighted by atomic mass is 9.87. The highest BCUT2D eigenvalue weighted by atomic mass is 19.1. The molecule has 7 rings (SSSR count). The standard InChI is InChI=1S/C44H53F3N8O5/c1-3-41(57)55(4-2)32-7-5-6-29(22-32)42-36(46)24-48-44(52-42)50-30-8-11-33(12-9-30)60-27-59-26-53-19-18-39(37(47)25-53)54-20-16-28(17-21-54)34-13-10-31(23-35(34)45)49-38-14-15-40(56)51-43(38)58/h3-7,10,13,22-24,28,30,33,37-39,49H,1-2,8-9,11-12,14-21,25-27H2,(H,48,50,52)(H,51,56,58). The maximum atomic E-state index is 15.5. The summed E-state index contributed by atoms with van der Waals surface area (Å²) in [6.07, 6.45) is 8.61. The first-order chi connectivity index (χ1) is 29.1. The second-order valence-corrected chi connectivity index (χ2v) is 15.9. The number of ether oxygens (including phenoxy) is 2. The van der Waals surface area contributed by atoms with Crippen LogP contribution >= 0.6 is 0 Å². The lowest BCUT2D eigenvalue weighted by Gasteiger charge is -2.43. The van der Waals surface area contributed by atoms with Crippen molar-refractivity contribution in [2.24, 2.45) is 0 Å². The largest absolute Gasteiger partial charge is 0.374 e. The third-order valence-electron chi connectivity index (χ3n) is 12.0. The van der Waals surface area contributed by atoms with Crippen LogP contribution in [0.4, 0.5) is 30.5 Å². The molecule has 0 bridgehead atoms. The number of nitrogens with one attached hydrogen (secondary N) is 3. The number of carbonyl (C=O) groups excluding carboxylic acids is 3. The predicted octanol–water partition coefficient (Wildman–Crippen LogP) is 6.26. The quantitative estimate of drug-likeness (QED) is 0.0692. The van der Waals surface area contributed by atoms with Gasteiger partial charge in [-0.2, -0.15) is 0 Å². The van der Waals surface area contributed by atoms with E-state index in [1.54, 1.807) is 36.4 Å². The molecule has 1 aliphatic carbocycles. The van der Waals surface area contributed by atoms with Crippen LogP contribution in [0.15, 0.2) is 74.1 Å². The first-order valence-electron chi connectivity index (χ1n) is 20.8. The fourth-order valence-corrected chi connectivity index (χ4v) is 8.74. The molecule has 3 aromatic rings. The van der Waals surface area contributed by atoms with Gasteiger partial charge >= 0.3 is 0 Å². The molecule has 3 N–H and O–H groups in total. The van der Waals surface area contributed by atoms with Gasteiger partial charge < -0.3 is 20.1 Å². The van der Waals surface area contributed by atoms with Crippen molar-refractivity contribution < 1.29 is 37.0 Å². The fraction of sp³-hybridized carbons (Fsp3) is 0.477. The lowest BCUT2D eigenvalue weighted by Crippen LogP contribution is -2.54. The number of likely N-dealkylation sites (tertiary alicyclic amines) is 2. The molecular weight excluding hydrogens is 778 g/mol. The summed E-state index contributed by atoms with van der Waals surface area (Å²) in [5.74, 6) is -1.63. The van der Waals surface area contributed by atoms with E-state index in [-0.39, 0.29) is 73.9 Å². The third kappa shape index (κ3) is 10.6. The highest BCUT2D eigenvalue weighted by Gasteiger charge is 2.36. The van der Waals surface area contributed by atoms with Crippen LogP contribution < -0.4 is 20.9 Å². The fourth-order valence-electron chi connectivity index (χ4n) is 8.74. The number of hydrogen-bond acceptors (Lipinski definition) is 11. The highest BCUT2D eigenvalue weighted by Crippen LogP contribution is 2.34. The molecule has 4 fully saturated rings. The summed E-state index contributed by atoms with van der Waals surface area (Å²) in [4.78, 5) is 49.9. The number of aromatic nitrogens is 2. The monoisotopic (exact) mass is 830 g/mol. The molecular formula is C44H53F3N8O5. The van der Waals surface area contributed by atoms with Gasteiger partial charge in [-0.15, -0.1) is 0 Å². The van der Waals surface area contributed by atoms with E-state index in [1.807, 2.05) is 4.90 Å². The molecule has 320 valence electrons. The van der Waals surface area contributed by atoms with E-state index in [4.69, 9.17) is 9.47 Å². The second-order valence-electron chi connectivity index (χ2n) is 15.9. The Morgan fingerprint density at radius 1 is 0.967 bits per heavy atom. The maximum absolute atomic E-state index is 15.5. The van der Waals surface area contributed by atoms with Crippen LogP contribution in [0, 0.1) is 11.6 Å². The summed E-state index contributed by atoms with van der Waals surface area (Å²) >= 11 is 0. The Labute approximate surface area is 348 Å². The Hall–Kier alpha value is -5.16. The number of anilines is 3. The molecule has 3 saturated heterocycles. The van der Waals surface area contributed by atoms with Gasteiger partial charge in [0.05, 0.1) is 12.3 Å². The minimum atomic E-state index is -1.03. The summed E-state index contributed by atoms with van der Waals surface area (Å²) in [5, 5.41) is 8.67. The van der Waals surface area contributed by atoms with Crippen LogP contribution in [0.3, 0.4) is 0 Å². The molecule has 0 spiro atoms. The van der Waals surface area contributed by atoms with Crippen LogP contribution in [0.5, 0.6) is 0 Å². The predicted molar refractivity (Wildman–Crippen MR) is 221 cm³/mol. The number of rotatable bonds is 15. The Kier molecular flexibility index (Phi) is 14.3. The van der Waals surface area contributed by atoms with Gasteiger partial charge in [0.15, 0.2) is 5.82 Å². The van der Waals surface area contributed by atoms with Crippen molar-refractivity contribution in [1.82, 2.24) is 25.1 Å². The van der Waals surface area contributed by atoms with Crippen molar-refractivity contribution in [3.63, 3.8) is 0 Å². The Morgan fingerprint density at radius 3 is 2.48 bits per heavy atom. The summed E-state index contributed by atoms with van der Waals surface area (Å²) < 4.78 is 57.5. The van der Waals surface area contributed by atoms with Gasteiger partial charge in [-0.3, -0.25) is 34.4 Å². The van der Waals surface area contributed by atoms with E-state index in [0.29, 0.717) is 60.9 Å². The minimum Gasteiger partial charge on any atom is -0.374 e. The zero-order chi connectivity index (χ0) is 42.2. The summed E-state index contributed by atoms with van der Waals surface area (Å²) in [5.41, 5.74) is 2.24. The molecule has 0 radical (unpaired) electrons. The summed E-state index contributed by atoms with van der Waals surface area (Å²) in [7, 11) is 0. The number of hydrogen-bond donors (Lipinski definition) is 3. The van der Waals surface area contributed by atoms with Crippen LogP contribution in [-0.4, -0.2) is 108 Å². The molecule has 3 aliphatic heterocycles. The van der Waals surface area contributed by atoms with Gasteiger partial charge in [-0.05, 0) is 106 Å². The van der Waals surface area contributed by atoms with Gasteiger partial charge in [0, 0.05) is 54.7 Å². The van der Waals surface area contributed by atoms with E-state index < -0.39 is 23.9 Å². The van der Waals surface area contributed by atoms with Crippen LogP contribution in [0.1, 0.15) is 69.3 Å². The average molecular weight is 831 g/mol. The normalized spacial score (nSPS) is 24.4. The van der Waals surface area contributed by atoms with Crippen molar-refractivity contribution in [1.29, 1.82) is 0 Å². The van der Waals surface area contributed by atoms with E-state index in [0.717, 1.165) is 44.7 Å². The molecule has 16 heteroatoms. The Balaban J connectivity index is 0.788. The first-order valence-corrected chi connectivity index (χ1v) is 20.8. The van der Waals surface area contributed by atoms with Gasteiger partial charge in [-0.25, -0.2) is 23.1 Å². The Morgan fingerprint density at radius 2 is 1.77 bits per heavy atom. The molecule has 3 amide bonds. The second kappa shape index (κ2) is 19.9. The zero-order valence-corrected chi connectivity index (χ0v) is 33.7. The van der Waals surface area contributed by atoms with Crippen molar-refractivity contribution in [3.05, 3.63) is 91.3 Å². The van der Waals surface area contributed by atoms with Gasteiger partial charge in [0.2, 0.25) is 17.8 Å². The number of benzene rings is 2. The zero-order valence-electron chi connectivity index (χ0n) is 33.7. The molecule has 13 nitrogen and oxygen atoms in total. The molecule has 4 heterocycles. The van der Waals surface area contributed by atoms with Crippen molar-refractivity contribution in [3.8, 4) is 11.3 Å². The molecule has 2 aromatic carbocycles. The Bertz CT molecular complexity index is 2020. The van der Waals surface area contributed by atoms with E-state index in [9.17, 15) is 18.8 Å². The highest BCUT2D eigenvalue weighted by molar-refractivity contribution is 6.03. The van der Waals surface area contributed by atoms with Crippen LogP contribution in [0.25, 0.3) is 11.3 Å². The van der Waals surface area contributed by atoms with Crippen molar-refractivity contribution >= 4 is 35.0 Å². The van der Waals surface area contributed by atoms with Gasteiger partial charge in [-0.1, -0.05) is 31.4 Å². The molecule has 1 aromatic heterocycles. The van der Waals surface area contributed by atoms with E-state index in [2.05, 4.69) is 44.0 Å². The first kappa shape index (κ1) is 42.9. The molecule has 3 unspecified atom stereocenters. The number of carbonyl (C=O) groups is 3. The lowest BCUT2D eigenvalue weighted by molar-refractivity contribution is -0.133.